The zero-order valence-electron chi connectivity index (χ0n) is 20.5. The summed E-state index contributed by atoms with van der Waals surface area (Å²) in [5, 5.41) is 0.832. The standard InChI is InChI=1S/C29H27ClN2O4/c1-17(2)9-11-35-21-8-4-7-20(13-21)26-25-27(33)22-14-23(30)18(3)12-24(22)36-28(25)29(34)32(26)16-19-6-5-10-31-15-19/h4-8,10,12-15,17,26H,9,11,16H2,1-3H3/t26-/m0/s1. The molecule has 0 aliphatic carbocycles. The van der Waals surface area contributed by atoms with Crippen LogP contribution in [-0.4, -0.2) is 22.4 Å². The summed E-state index contributed by atoms with van der Waals surface area (Å²) in [6.07, 6.45) is 4.33. The summed E-state index contributed by atoms with van der Waals surface area (Å²) in [4.78, 5) is 33.3. The molecule has 0 spiro atoms. The van der Waals surface area contributed by atoms with Crippen molar-refractivity contribution in [2.45, 2.75) is 39.8 Å². The number of aromatic nitrogens is 1. The lowest BCUT2D eigenvalue weighted by Gasteiger charge is -2.25. The predicted octanol–water partition coefficient (Wildman–Crippen LogP) is 6.32. The van der Waals surface area contributed by atoms with E-state index in [4.69, 9.17) is 20.8 Å². The summed E-state index contributed by atoms with van der Waals surface area (Å²) in [6.45, 7) is 6.99. The van der Waals surface area contributed by atoms with E-state index in [0.29, 0.717) is 39.8 Å². The first-order valence-electron chi connectivity index (χ1n) is 12.0. The number of amides is 1. The molecule has 0 radical (unpaired) electrons. The molecule has 0 fully saturated rings. The van der Waals surface area contributed by atoms with E-state index in [-0.39, 0.29) is 23.6 Å². The van der Waals surface area contributed by atoms with Crippen LogP contribution >= 0.6 is 11.6 Å². The Bertz CT molecular complexity index is 1500. The van der Waals surface area contributed by atoms with Gasteiger partial charge in [-0.15, -0.1) is 0 Å². The number of hydrogen-bond donors (Lipinski definition) is 0. The minimum absolute atomic E-state index is 0.0641. The lowest BCUT2D eigenvalue weighted by molar-refractivity contribution is 0.0714. The first-order chi connectivity index (χ1) is 17.3. The Morgan fingerprint density at radius 3 is 2.72 bits per heavy atom. The number of carbonyl (C=O) groups is 1. The second kappa shape index (κ2) is 9.78. The molecule has 6 nitrogen and oxygen atoms in total. The first-order valence-corrected chi connectivity index (χ1v) is 12.4. The van der Waals surface area contributed by atoms with Gasteiger partial charge in [-0.2, -0.15) is 0 Å². The fraction of sp³-hybridized carbons (Fsp3) is 0.276. The maximum Gasteiger partial charge on any atom is 0.291 e. The highest BCUT2D eigenvalue weighted by molar-refractivity contribution is 6.32. The van der Waals surface area contributed by atoms with Gasteiger partial charge in [0.05, 0.1) is 23.6 Å². The molecule has 2 aromatic carbocycles. The largest absolute Gasteiger partial charge is 0.494 e. The quantitative estimate of drug-likeness (QED) is 0.295. The number of fused-ring (bicyclic) bond motifs is 2. The Labute approximate surface area is 214 Å². The van der Waals surface area contributed by atoms with Gasteiger partial charge in [-0.3, -0.25) is 14.6 Å². The van der Waals surface area contributed by atoms with Crippen molar-refractivity contribution in [1.82, 2.24) is 9.88 Å². The molecule has 3 heterocycles. The van der Waals surface area contributed by atoms with Crippen LogP contribution in [0.3, 0.4) is 0 Å². The highest BCUT2D eigenvalue weighted by Gasteiger charge is 2.43. The molecule has 0 N–H and O–H groups in total. The van der Waals surface area contributed by atoms with Crippen LogP contribution in [0.5, 0.6) is 5.75 Å². The van der Waals surface area contributed by atoms with E-state index in [0.717, 1.165) is 23.1 Å². The number of halogens is 1. The van der Waals surface area contributed by atoms with Gasteiger partial charge in [-0.25, -0.2) is 0 Å². The van der Waals surface area contributed by atoms with Crippen LogP contribution in [0.2, 0.25) is 5.02 Å². The van der Waals surface area contributed by atoms with Gasteiger partial charge in [0.15, 0.2) is 5.43 Å². The summed E-state index contributed by atoms with van der Waals surface area (Å²) in [7, 11) is 0. The third-order valence-corrected chi connectivity index (χ3v) is 6.87. The Morgan fingerprint density at radius 2 is 1.97 bits per heavy atom. The fourth-order valence-electron chi connectivity index (χ4n) is 4.53. The van der Waals surface area contributed by atoms with Crippen LogP contribution < -0.4 is 10.2 Å². The summed E-state index contributed by atoms with van der Waals surface area (Å²) >= 11 is 6.34. The van der Waals surface area contributed by atoms with Gasteiger partial charge < -0.3 is 14.1 Å². The fourth-order valence-corrected chi connectivity index (χ4v) is 4.69. The van der Waals surface area contributed by atoms with E-state index in [1.165, 1.54) is 0 Å². The average molecular weight is 503 g/mol. The van der Waals surface area contributed by atoms with E-state index in [1.54, 1.807) is 29.4 Å². The predicted molar refractivity (Wildman–Crippen MR) is 140 cm³/mol. The van der Waals surface area contributed by atoms with Crippen molar-refractivity contribution in [2.75, 3.05) is 6.61 Å². The molecule has 5 rings (SSSR count). The number of rotatable bonds is 7. The molecule has 1 atom stereocenters. The molecular formula is C29H27ClN2O4. The van der Waals surface area contributed by atoms with E-state index in [2.05, 4.69) is 18.8 Å². The number of benzene rings is 2. The monoisotopic (exact) mass is 502 g/mol. The number of pyridine rings is 1. The molecule has 1 aliphatic heterocycles. The maximum absolute atomic E-state index is 13.8. The second-order valence-corrected chi connectivity index (χ2v) is 9.98. The molecule has 36 heavy (non-hydrogen) atoms. The summed E-state index contributed by atoms with van der Waals surface area (Å²) in [5.74, 6) is 0.945. The average Bonchev–Trinajstić information content (AvgIpc) is 3.13. The second-order valence-electron chi connectivity index (χ2n) is 9.57. The number of carbonyl (C=O) groups excluding carboxylic acids is 1. The Hall–Kier alpha value is -3.64. The van der Waals surface area contributed by atoms with Crippen molar-refractivity contribution >= 4 is 28.5 Å². The number of hydrogen-bond acceptors (Lipinski definition) is 5. The van der Waals surface area contributed by atoms with Crippen molar-refractivity contribution in [2.24, 2.45) is 5.92 Å². The zero-order chi connectivity index (χ0) is 25.4. The van der Waals surface area contributed by atoms with Gasteiger partial charge in [-0.1, -0.05) is 43.6 Å². The smallest absolute Gasteiger partial charge is 0.291 e. The summed E-state index contributed by atoms with van der Waals surface area (Å²) in [6, 6.07) is 14.0. The molecule has 184 valence electrons. The zero-order valence-corrected chi connectivity index (χ0v) is 21.2. The number of nitrogens with zero attached hydrogens (tertiary/aromatic N) is 2. The van der Waals surface area contributed by atoms with Gasteiger partial charge in [-0.05, 0) is 66.3 Å². The van der Waals surface area contributed by atoms with Gasteiger partial charge in [0.1, 0.15) is 11.3 Å². The minimum atomic E-state index is -0.637. The molecule has 4 aromatic rings. The van der Waals surface area contributed by atoms with Crippen molar-refractivity contribution in [3.8, 4) is 5.75 Å². The third-order valence-electron chi connectivity index (χ3n) is 6.46. The van der Waals surface area contributed by atoms with E-state index >= 15 is 0 Å². The van der Waals surface area contributed by atoms with Crippen LogP contribution in [0.25, 0.3) is 11.0 Å². The highest BCUT2D eigenvalue weighted by atomic mass is 35.5. The van der Waals surface area contributed by atoms with Crippen LogP contribution in [0, 0.1) is 12.8 Å². The van der Waals surface area contributed by atoms with E-state index in [1.807, 2.05) is 43.3 Å². The van der Waals surface area contributed by atoms with E-state index < -0.39 is 6.04 Å². The van der Waals surface area contributed by atoms with Crippen molar-refractivity contribution in [3.63, 3.8) is 0 Å². The third kappa shape index (κ3) is 4.49. The van der Waals surface area contributed by atoms with Crippen molar-refractivity contribution in [3.05, 3.63) is 104 Å². The maximum atomic E-state index is 13.8. The molecule has 0 bridgehead atoms. The Balaban J connectivity index is 1.64. The van der Waals surface area contributed by atoms with Crippen LogP contribution in [0.15, 0.2) is 70.1 Å². The number of aryl methyl sites for hydroxylation is 1. The Morgan fingerprint density at radius 1 is 1.14 bits per heavy atom. The van der Waals surface area contributed by atoms with Gasteiger partial charge >= 0.3 is 0 Å². The van der Waals surface area contributed by atoms with Crippen molar-refractivity contribution in [1.29, 1.82) is 0 Å². The Kier molecular flexibility index (Phi) is 6.54. The topological polar surface area (TPSA) is 72.6 Å². The van der Waals surface area contributed by atoms with Crippen LogP contribution in [0.4, 0.5) is 0 Å². The lowest BCUT2D eigenvalue weighted by Crippen LogP contribution is -2.29. The minimum Gasteiger partial charge on any atom is -0.494 e. The molecule has 2 aromatic heterocycles. The molecular weight excluding hydrogens is 476 g/mol. The van der Waals surface area contributed by atoms with Crippen LogP contribution in [0.1, 0.15) is 59.1 Å². The molecule has 7 heteroatoms. The molecule has 0 saturated carbocycles. The SMILES string of the molecule is Cc1cc2oc3c(c(=O)c2cc1Cl)[C@H](c1cccc(OCCC(C)C)c1)N(Cc1cccnc1)C3=O. The molecule has 0 unspecified atom stereocenters. The van der Waals surface area contributed by atoms with Crippen molar-refractivity contribution < 1.29 is 13.9 Å². The summed E-state index contributed by atoms with van der Waals surface area (Å²) in [5.41, 5.74) is 2.80. The number of ether oxygens (including phenoxy) is 1. The molecule has 0 saturated heterocycles. The van der Waals surface area contributed by atoms with Gasteiger partial charge in [0, 0.05) is 24.0 Å². The highest BCUT2D eigenvalue weighted by Crippen LogP contribution is 2.40. The van der Waals surface area contributed by atoms with Crippen LogP contribution in [-0.2, 0) is 6.54 Å². The van der Waals surface area contributed by atoms with E-state index in [9.17, 15) is 9.59 Å². The molecule has 1 aliphatic rings. The summed E-state index contributed by atoms with van der Waals surface area (Å²) < 4.78 is 12.1. The lowest BCUT2D eigenvalue weighted by atomic mass is 9.98. The normalized spacial score (nSPS) is 15.1. The van der Waals surface area contributed by atoms with Gasteiger partial charge in [0.25, 0.3) is 5.91 Å². The van der Waals surface area contributed by atoms with Gasteiger partial charge in [0.2, 0.25) is 5.76 Å². The first kappa shape index (κ1) is 24.1. The molecule has 1 amide bonds.